The Labute approximate surface area is 159 Å². The highest BCUT2D eigenvalue weighted by molar-refractivity contribution is 5.87. The van der Waals surface area contributed by atoms with Gasteiger partial charge in [-0.25, -0.2) is 4.79 Å². The zero-order valence-electron chi connectivity index (χ0n) is 14.9. The van der Waals surface area contributed by atoms with Crippen molar-refractivity contribution in [1.29, 1.82) is 5.26 Å². The molecule has 0 saturated carbocycles. The number of fused-ring (bicyclic) bond motifs is 2. The molecule has 1 aromatic carbocycles. The van der Waals surface area contributed by atoms with E-state index in [1.807, 2.05) is 6.07 Å². The molecule has 2 saturated heterocycles. The van der Waals surface area contributed by atoms with Crippen molar-refractivity contribution >= 4 is 24.3 Å². The Kier molecular flexibility index (Phi) is 6.27. The van der Waals surface area contributed by atoms with Crippen LogP contribution in [0.1, 0.15) is 38.2 Å². The largest absolute Gasteiger partial charge is 0.458 e. The van der Waals surface area contributed by atoms with Crippen LogP contribution >= 0.6 is 12.4 Å². The summed E-state index contributed by atoms with van der Waals surface area (Å²) in [7, 11) is 2.10. The van der Waals surface area contributed by atoms with Crippen LogP contribution in [-0.4, -0.2) is 42.1 Å². The molecular weight excluding hydrogens is 356 g/mol. The van der Waals surface area contributed by atoms with E-state index in [2.05, 4.69) is 11.9 Å². The molecule has 2 heterocycles. The van der Waals surface area contributed by atoms with Crippen LogP contribution < -0.4 is 0 Å². The van der Waals surface area contributed by atoms with Crippen molar-refractivity contribution < 1.29 is 19.1 Å². The summed E-state index contributed by atoms with van der Waals surface area (Å²) < 4.78 is 10.8. The Bertz CT molecular complexity index is 691. The predicted octanol–water partition coefficient (Wildman–Crippen LogP) is 2.56. The van der Waals surface area contributed by atoms with E-state index in [9.17, 15) is 14.9 Å². The molecule has 0 spiro atoms. The van der Waals surface area contributed by atoms with Crippen LogP contribution in [0.25, 0.3) is 0 Å². The molecule has 2 bridgehead atoms. The minimum absolute atomic E-state index is 0. The van der Waals surface area contributed by atoms with E-state index in [0.717, 1.165) is 25.7 Å². The topological polar surface area (TPSA) is 79.6 Å². The van der Waals surface area contributed by atoms with Crippen molar-refractivity contribution in [1.82, 2.24) is 4.90 Å². The van der Waals surface area contributed by atoms with Crippen LogP contribution in [0.4, 0.5) is 0 Å². The molecule has 2 aliphatic heterocycles. The third-order valence-electron chi connectivity index (χ3n) is 5.25. The molecule has 140 valence electrons. The van der Waals surface area contributed by atoms with Gasteiger partial charge in [0, 0.05) is 24.6 Å². The summed E-state index contributed by atoms with van der Waals surface area (Å²) in [6.45, 7) is 1.18. The van der Waals surface area contributed by atoms with Gasteiger partial charge in [-0.15, -0.1) is 12.4 Å². The summed E-state index contributed by atoms with van der Waals surface area (Å²) in [4.78, 5) is 26.8. The van der Waals surface area contributed by atoms with E-state index < -0.39 is 17.5 Å². The quantitative estimate of drug-likeness (QED) is 0.749. The van der Waals surface area contributed by atoms with Crippen molar-refractivity contribution in [2.45, 2.75) is 56.4 Å². The normalized spacial score (nSPS) is 26.7. The zero-order valence-corrected chi connectivity index (χ0v) is 15.7. The smallest absolute Gasteiger partial charge is 0.371 e. The number of benzene rings is 1. The summed E-state index contributed by atoms with van der Waals surface area (Å²) in [5.74, 6) is -1.52. The highest BCUT2D eigenvalue weighted by Crippen LogP contribution is 2.37. The number of piperidine rings is 1. The number of rotatable bonds is 4. The Hall–Kier alpha value is -2.10. The van der Waals surface area contributed by atoms with Gasteiger partial charge in [-0.2, -0.15) is 5.26 Å². The third kappa shape index (κ3) is 3.69. The number of hydrogen-bond acceptors (Lipinski definition) is 6. The summed E-state index contributed by atoms with van der Waals surface area (Å²) >= 11 is 0. The second kappa shape index (κ2) is 8.07. The van der Waals surface area contributed by atoms with Gasteiger partial charge in [0.1, 0.15) is 12.2 Å². The van der Waals surface area contributed by atoms with Gasteiger partial charge in [0.2, 0.25) is 0 Å². The lowest BCUT2D eigenvalue weighted by molar-refractivity contribution is -0.182. The number of nitrogens with zero attached hydrogens (tertiary/aromatic N) is 2. The minimum atomic E-state index is -2.06. The van der Waals surface area contributed by atoms with Crippen molar-refractivity contribution in [3.05, 3.63) is 35.9 Å². The van der Waals surface area contributed by atoms with Crippen LogP contribution in [0, 0.1) is 11.3 Å². The standard InChI is InChI=1S/C19H22N2O4.ClH/c1-13(22)25-19(12-20,14-6-4-3-5-7-14)18(23)24-17-10-15-8-9-16(11-17)21(15)2;/h3-7,15-17H,8-11H2,1-2H3;1H. The molecule has 2 aliphatic rings. The molecule has 0 N–H and O–H groups in total. The number of hydrogen-bond donors (Lipinski definition) is 0. The van der Waals surface area contributed by atoms with E-state index in [4.69, 9.17) is 9.47 Å². The van der Waals surface area contributed by atoms with Gasteiger partial charge in [-0.3, -0.25) is 4.79 Å². The number of halogens is 1. The van der Waals surface area contributed by atoms with Gasteiger partial charge >= 0.3 is 17.5 Å². The van der Waals surface area contributed by atoms with Gasteiger partial charge in [0.15, 0.2) is 0 Å². The molecule has 6 nitrogen and oxygen atoms in total. The Morgan fingerprint density at radius 3 is 2.27 bits per heavy atom. The number of esters is 2. The van der Waals surface area contributed by atoms with Crippen LogP contribution in [0.15, 0.2) is 30.3 Å². The molecule has 3 rings (SSSR count). The van der Waals surface area contributed by atoms with Crippen LogP contribution in [0.2, 0.25) is 0 Å². The highest BCUT2D eigenvalue weighted by atomic mass is 35.5. The fraction of sp³-hybridized carbons (Fsp3) is 0.526. The summed E-state index contributed by atoms with van der Waals surface area (Å²) in [6.07, 6.45) is 3.43. The zero-order chi connectivity index (χ0) is 18.0. The van der Waals surface area contributed by atoms with Crippen molar-refractivity contribution in [2.24, 2.45) is 0 Å². The van der Waals surface area contributed by atoms with E-state index in [0.29, 0.717) is 17.6 Å². The molecule has 7 heteroatoms. The lowest BCUT2D eigenvalue weighted by atomic mass is 9.94. The minimum Gasteiger partial charge on any atom is -0.458 e. The van der Waals surface area contributed by atoms with Crippen molar-refractivity contribution in [3.63, 3.8) is 0 Å². The molecule has 3 atom stereocenters. The van der Waals surface area contributed by atoms with Gasteiger partial charge in [-0.1, -0.05) is 30.3 Å². The molecule has 0 aromatic heterocycles. The van der Waals surface area contributed by atoms with E-state index >= 15 is 0 Å². The number of carbonyl (C=O) groups is 2. The molecular formula is C19H23ClN2O4. The fourth-order valence-corrected chi connectivity index (χ4v) is 3.93. The average Bonchev–Trinajstić information content (AvgIpc) is 2.82. The number of carbonyl (C=O) groups excluding carboxylic acids is 2. The first-order valence-corrected chi connectivity index (χ1v) is 8.55. The number of ether oxygens (including phenoxy) is 2. The molecule has 26 heavy (non-hydrogen) atoms. The van der Waals surface area contributed by atoms with Gasteiger partial charge < -0.3 is 14.4 Å². The lowest BCUT2D eigenvalue weighted by Gasteiger charge is -2.37. The maximum Gasteiger partial charge on any atom is 0.371 e. The monoisotopic (exact) mass is 378 g/mol. The second-order valence-corrected chi connectivity index (χ2v) is 6.80. The SMILES string of the molecule is CC(=O)OC(C#N)(C(=O)OC1CC2CCC(C1)N2C)c1ccccc1.Cl. The molecule has 3 unspecified atom stereocenters. The highest BCUT2D eigenvalue weighted by Gasteiger charge is 2.49. The molecule has 0 aliphatic carbocycles. The first-order valence-electron chi connectivity index (χ1n) is 8.55. The van der Waals surface area contributed by atoms with Crippen LogP contribution in [0.5, 0.6) is 0 Å². The molecule has 0 amide bonds. The number of nitriles is 1. The van der Waals surface area contributed by atoms with Crippen molar-refractivity contribution in [2.75, 3.05) is 7.05 Å². The Morgan fingerprint density at radius 2 is 1.77 bits per heavy atom. The maximum absolute atomic E-state index is 12.9. The first-order chi connectivity index (χ1) is 12.0. The van der Waals surface area contributed by atoms with Crippen molar-refractivity contribution in [3.8, 4) is 6.07 Å². The fourth-order valence-electron chi connectivity index (χ4n) is 3.93. The summed E-state index contributed by atoms with van der Waals surface area (Å²) in [5, 5.41) is 9.70. The predicted molar refractivity (Wildman–Crippen MR) is 96.4 cm³/mol. The van der Waals surface area contributed by atoms with E-state index in [1.165, 1.54) is 6.92 Å². The second-order valence-electron chi connectivity index (χ2n) is 6.80. The van der Waals surface area contributed by atoms with Crippen LogP contribution in [0.3, 0.4) is 0 Å². The third-order valence-corrected chi connectivity index (χ3v) is 5.25. The molecule has 1 aromatic rings. The van der Waals surface area contributed by atoms with Gasteiger partial charge in [-0.05, 0) is 32.7 Å². The maximum atomic E-state index is 12.9. The summed E-state index contributed by atoms with van der Waals surface area (Å²) in [5.41, 5.74) is -1.76. The lowest BCUT2D eigenvalue weighted by Crippen LogP contribution is -2.47. The Morgan fingerprint density at radius 1 is 1.19 bits per heavy atom. The van der Waals surface area contributed by atoms with Gasteiger partial charge in [0.25, 0.3) is 0 Å². The van der Waals surface area contributed by atoms with E-state index in [1.54, 1.807) is 30.3 Å². The first kappa shape index (κ1) is 20.2. The summed E-state index contributed by atoms with van der Waals surface area (Å²) in [6, 6.07) is 11.0. The Balaban J connectivity index is 0.00000243. The van der Waals surface area contributed by atoms with Gasteiger partial charge in [0.05, 0.1) is 0 Å². The molecule has 2 fully saturated rings. The molecule has 0 radical (unpaired) electrons. The van der Waals surface area contributed by atoms with E-state index in [-0.39, 0.29) is 18.5 Å². The average molecular weight is 379 g/mol. The van der Waals surface area contributed by atoms with Crippen LogP contribution in [-0.2, 0) is 24.7 Å².